The molecular formula is C12H15N3OS. The second kappa shape index (κ2) is 3.92. The molecule has 0 saturated heterocycles. The number of nitrogens with two attached hydrogens (primary N) is 1. The fraction of sp³-hybridized carbons (Fsp3) is 0.500. The number of nitrogens with zero attached hydrogens (tertiary/aromatic N) is 2. The first-order valence-corrected chi connectivity index (χ1v) is 6.76. The predicted molar refractivity (Wildman–Crippen MR) is 67.1 cm³/mol. The van der Waals surface area contributed by atoms with Gasteiger partial charge >= 0.3 is 0 Å². The molecule has 2 N–H and O–H groups in total. The Bertz CT molecular complexity index is 519. The van der Waals surface area contributed by atoms with Gasteiger partial charge in [-0.1, -0.05) is 6.42 Å². The molecule has 1 saturated carbocycles. The molecule has 0 bridgehead atoms. The van der Waals surface area contributed by atoms with Crippen LogP contribution in [0.25, 0.3) is 4.96 Å². The molecule has 1 fully saturated rings. The van der Waals surface area contributed by atoms with Gasteiger partial charge in [-0.25, -0.2) is 4.98 Å². The third kappa shape index (κ3) is 1.70. The summed E-state index contributed by atoms with van der Waals surface area (Å²) < 4.78 is 1.96. The molecule has 0 aliphatic heterocycles. The minimum Gasteiger partial charge on any atom is -0.329 e. The van der Waals surface area contributed by atoms with Gasteiger partial charge in [-0.3, -0.25) is 9.20 Å². The number of Topliss-reactive ketones (excluding diaryl/α,β-unsaturated/α-hetero) is 1. The lowest BCUT2D eigenvalue weighted by Gasteiger charge is -2.39. The Morgan fingerprint density at radius 2 is 2.41 bits per heavy atom. The van der Waals surface area contributed by atoms with Crippen LogP contribution in [0.3, 0.4) is 0 Å². The summed E-state index contributed by atoms with van der Waals surface area (Å²) >= 11 is 1.58. The van der Waals surface area contributed by atoms with Crippen LogP contribution in [0.2, 0.25) is 0 Å². The Labute approximate surface area is 103 Å². The van der Waals surface area contributed by atoms with E-state index in [1.807, 2.05) is 22.2 Å². The smallest absolute Gasteiger partial charge is 0.193 e. The molecule has 1 aliphatic carbocycles. The van der Waals surface area contributed by atoms with Crippen molar-refractivity contribution in [2.75, 3.05) is 6.54 Å². The van der Waals surface area contributed by atoms with E-state index in [0.29, 0.717) is 13.0 Å². The Balaban J connectivity index is 1.78. The summed E-state index contributed by atoms with van der Waals surface area (Å²) in [6.45, 7) is 0.480. The normalized spacial score (nSPS) is 18.2. The minimum absolute atomic E-state index is 0.239. The summed E-state index contributed by atoms with van der Waals surface area (Å²) in [7, 11) is 0. The molecular weight excluding hydrogens is 234 g/mol. The summed E-state index contributed by atoms with van der Waals surface area (Å²) in [4.78, 5) is 17.6. The van der Waals surface area contributed by atoms with Crippen molar-refractivity contribution in [3.8, 4) is 0 Å². The number of aromatic nitrogens is 2. The van der Waals surface area contributed by atoms with Crippen LogP contribution in [0.4, 0.5) is 0 Å². The van der Waals surface area contributed by atoms with Gasteiger partial charge < -0.3 is 5.73 Å². The summed E-state index contributed by atoms with van der Waals surface area (Å²) in [6.07, 6.45) is 7.34. The van der Waals surface area contributed by atoms with E-state index in [2.05, 4.69) is 4.98 Å². The molecule has 2 aromatic rings. The molecule has 0 spiro atoms. The number of fused-ring (bicyclic) bond motifs is 1. The minimum atomic E-state index is -0.239. The fourth-order valence-electron chi connectivity index (χ4n) is 2.41. The van der Waals surface area contributed by atoms with Crippen LogP contribution in [0.1, 0.15) is 25.0 Å². The van der Waals surface area contributed by atoms with Crippen molar-refractivity contribution >= 4 is 22.1 Å². The number of rotatable bonds is 4. The largest absolute Gasteiger partial charge is 0.329 e. The number of carbonyl (C=O) groups excluding carboxylic acids is 1. The molecule has 2 aromatic heterocycles. The van der Waals surface area contributed by atoms with Gasteiger partial charge in [0.2, 0.25) is 0 Å². The highest BCUT2D eigenvalue weighted by Gasteiger charge is 2.42. The third-order valence-corrected chi connectivity index (χ3v) is 4.55. The van der Waals surface area contributed by atoms with Gasteiger partial charge in [0.25, 0.3) is 0 Å². The van der Waals surface area contributed by atoms with Gasteiger partial charge in [0.15, 0.2) is 4.96 Å². The van der Waals surface area contributed by atoms with E-state index in [-0.39, 0.29) is 11.2 Å². The van der Waals surface area contributed by atoms with Crippen LogP contribution in [0, 0.1) is 5.41 Å². The molecule has 0 amide bonds. The quantitative estimate of drug-likeness (QED) is 0.896. The molecule has 17 heavy (non-hydrogen) atoms. The van der Waals surface area contributed by atoms with Gasteiger partial charge in [0.1, 0.15) is 5.78 Å². The van der Waals surface area contributed by atoms with Crippen molar-refractivity contribution in [3.05, 3.63) is 23.5 Å². The Kier molecular flexibility index (Phi) is 2.52. The summed E-state index contributed by atoms with van der Waals surface area (Å²) in [5.41, 5.74) is 6.36. The van der Waals surface area contributed by atoms with Gasteiger partial charge in [-0.15, -0.1) is 11.3 Å². The third-order valence-electron chi connectivity index (χ3n) is 3.78. The zero-order valence-electron chi connectivity index (χ0n) is 9.56. The maximum Gasteiger partial charge on any atom is 0.193 e. The summed E-state index contributed by atoms with van der Waals surface area (Å²) in [5.74, 6) is 0.261. The molecule has 2 heterocycles. The van der Waals surface area contributed by atoms with E-state index in [1.165, 1.54) is 0 Å². The summed E-state index contributed by atoms with van der Waals surface area (Å²) in [6, 6.07) is 0. The van der Waals surface area contributed by atoms with E-state index in [1.54, 1.807) is 11.3 Å². The van der Waals surface area contributed by atoms with Crippen LogP contribution in [-0.4, -0.2) is 21.7 Å². The highest BCUT2D eigenvalue weighted by Crippen LogP contribution is 2.41. The van der Waals surface area contributed by atoms with E-state index in [0.717, 1.165) is 29.9 Å². The molecule has 1 aliphatic rings. The highest BCUT2D eigenvalue weighted by molar-refractivity contribution is 7.15. The van der Waals surface area contributed by atoms with Crippen molar-refractivity contribution in [2.24, 2.45) is 11.1 Å². The molecule has 0 aromatic carbocycles. The first-order chi connectivity index (χ1) is 8.23. The first kappa shape index (κ1) is 10.9. The van der Waals surface area contributed by atoms with Crippen LogP contribution in [0.5, 0.6) is 0 Å². The van der Waals surface area contributed by atoms with E-state index in [4.69, 9.17) is 5.73 Å². The monoisotopic (exact) mass is 249 g/mol. The van der Waals surface area contributed by atoms with Crippen molar-refractivity contribution in [3.63, 3.8) is 0 Å². The number of carbonyl (C=O) groups is 1. The average Bonchev–Trinajstić information content (AvgIpc) is 2.76. The lowest BCUT2D eigenvalue weighted by Crippen LogP contribution is -2.45. The Morgan fingerprint density at radius 3 is 3.00 bits per heavy atom. The topological polar surface area (TPSA) is 60.4 Å². The van der Waals surface area contributed by atoms with Crippen molar-refractivity contribution in [2.45, 2.75) is 25.7 Å². The van der Waals surface area contributed by atoms with Gasteiger partial charge in [0.05, 0.1) is 12.1 Å². The lowest BCUT2D eigenvalue weighted by molar-refractivity contribution is -0.132. The maximum absolute atomic E-state index is 12.2. The first-order valence-electron chi connectivity index (χ1n) is 5.88. The average molecular weight is 249 g/mol. The Hall–Kier alpha value is -1.20. The van der Waals surface area contributed by atoms with E-state index >= 15 is 0 Å². The maximum atomic E-state index is 12.2. The number of hydrogen-bond acceptors (Lipinski definition) is 4. The Morgan fingerprint density at radius 1 is 1.59 bits per heavy atom. The van der Waals surface area contributed by atoms with Crippen LogP contribution >= 0.6 is 11.3 Å². The van der Waals surface area contributed by atoms with Crippen LogP contribution < -0.4 is 5.73 Å². The van der Waals surface area contributed by atoms with Crippen LogP contribution in [-0.2, 0) is 11.2 Å². The van der Waals surface area contributed by atoms with Gasteiger partial charge in [-0.05, 0) is 12.8 Å². The molecule has 90 valence electrons. The molecule has 4 nitrogen and oxygen atoms in total. The molecule has 5 heteroatoms. The number of hydrogen-bond donors (Lipinski definition) is 1. The number of thiazole rings is 1. The zero-order valence-corrected chi connectivity index (χ0v) is 10.4. The lowest BCUT2D eigenvalue weighted by atomic mass is 9.65. The molecule has 0 radical (unpaired) electrons. The highest BCUT2D eigenvalue weighted by atomic mass is 32.1. The van der Waals surface area contributed by atoms with E-state index < -0.39 is 0 Å². The molecule has 0 atom stereocenters. The standard InChI is InChI=1S/C12H15N3OS/c13-8-12(2-1-3-12)10(16)6-9-7-15-4-5-17-11(15)14-9/h4-5,7H,1-3,6,8,13H2. The van der Waals surface area contributed by atoms with Crippen LogP contribution in [0.15, 0.2) is 17.8 Å². The number of imidazole rings is 1. The molecule has 3 rings (SSSR count). The fourth-order valence-corrected chi connectivity index (χ4v) is 3.13. The van der Waals surface area contributed by atoms with Crippen molar-refractivity contribution in [1.82, 2.24) is 9.38 Å². The van der Waals surface area contributed by atoms with Crippen molar-refractivity contribution < 1.29 is 4.79 Å². The van der Waals surface area contributed by atoms with Gasteiger partial charge in [-0.2, -0.15) is 0 Å². The molecule has 0 unspecified atom stereocenters. The second-order valence-electron chi connectivity index (χ2n) is 4.76. The van der Waals surface area contributed by atoms with Gasteiger partial charge in [0, 0.05) is 29.7 Å². The second-order valence-corrected chi connectivity index (χ2v) is 5.64. The number of ketones is 1. The SMILES string of the molecule is NCC1(C(=O)Cc2cn3ccsc3n2)CCC1. The van der Waals surface area contributed by atoms with E-state index in [9.17, 15) is 4.79 Å². The predicted octanol–water partition coefficient (Wildman–Crippen LogP) is 1.64. The zero-order chi connectivity index (χ0) is 11.9. The summed E-state index contributed by atoms with van der Waals surface area (Å²) in [5, 5.41) is 1.99. The van der Waals surface area contributed by atoms with Crippen molar-refractivity contribution in [1.29, 1.82) is 0 Å².